The fourth-order valence-electron chi connectivity index (χ4n) is 4.12. The molecule has 2 aliphatic heterocycles. The molecule has 0 amide bonds. The lowest BCUT2D eigenvalue weighted by atomic mass is 9.94. The van der Waals surface area contributed by atoms with E-state index in [1.807, 2.05) is 0 Å². The quantitative estimate of drug-likeness (QED) is 0.906. The number of hydrogen-bond donors (Lipinski definition) is 1. The van der Waals surface area contributed by atoms with Crippen LogP contribution in [0.3, 0.4) is 0 Å². The smallest absolute Gasteiger partial charge is 0.0452 e. The molecule has 1 aromatic rings. The number of nitrogens with one attached hydrogen (secondary N) is 1. The van der Waals surface area contributed by atoms with Crippen LogP contribution in [0, 0.1) is 5.92 Å². The first-order chi connectivity index (χ1) is 10.4. The fourth-order valence-corrected chi connectivity index (χ4v) is 4.12. The summed E-state index contributed by atoms with van der Waals surface area (Å²) >= 11 is 0. The van der Waals surface area contributed by atoms with Crippen LogP contribution in [-0.2, 0) is 6.42 Å². The van der Waals surface area contributed by atoms with E-state index in [0.29, 0.717) is 6.04 Å². The van der Waals surface area contributed by atoms with Crippen LogP contribution in [-0.4, -0.2) is 31.1 Å². The second-order valence-corrected chi connectivity index (χ2v) is 6.84. The van der Waals surface area contributed by atoms with Crippen molar-refractivity contribution >= 4 is 0 Å². The van der Waals surface area contributed by atoms with Gasteiger partial charge in [-0.25, -0.2) is 0 Å². The second-order valence-electron chi connectivity index (χ2n) is 6.84. The van der Waals surface area contributed by atoms with E-state index in [4.69, 9.17) is 0 Å². The van der Waals surface area contributed by atoms with Crippen molar-refractivity contribution in [2.24, 2.45) is 5.92 Å². The minimum Gasteiger partial charge on any atom is -0.309 e. The van der Waals surface area contributed by atoms with Crippen LogP contribution in [0.4, 0.5) is 0 Å². The molecule has 1 aromatic carbocycles. The van der Waals surface area contributed by atoms with Gasteiger partial charge in [-0.15, -0.1) is 0 Å². The Bertz CT molecular complexity index is 443. The Morgan fingerprint density at radius 1 is 1.19 bits per heavy atom. The van der Waals surface area contributed by atoms with Crippen LogP contribution in [0.25, 0.3) is 0 Å². The van der Waals surface area contributed by atoms with Crippen molar-refractivity contribution in [3.05, 3.63) is 35.4 Å². The molecule has 2 nitrogen and oxygen atoms in total. The van der Waals surface area contributed by atoms with Gasteiger partial charge < -0.3 is 10.2 Å². The van der Waals surface area contributed by atoms with Crippen LogP contribution in [0.1, 0.15) is 56.2 Å². The van der Waals surface area contributed by atoms with Gasteiger partial charge >= 0.3 is 0 Å². The minimum absolute atomic E-state index is 0.540. The predicted octanol–water partition coefficient (Wildman–Crippen LogP) is 3.78. The number of benzene rings is 1. The molecule has 0 saturated carbocycles. The Balaban J connectivity index is 1.60. The fraction of sp³-hybridized carbons (Fsp3) is 0.684. The molecule has 0 spiro atoms. The summed E-state index contributed by atoms with van der Waals surface area (Å²) in [4.78, 5) is 2.70. The van der Waals surface area contributed by atoms with Crippen molar-refractivity contribution in [1.29, 1.82) is 0 Å². The molecule has 116 valence electrons. The van der Waals surface area contributed by atoms with Crippen LogP contribution < -0.4 is 5.32 Å². The molecule has 2 unspecified atom stereocenters. The first kappa shape index (κ1) is 15.1. The average Bonchev–Trinajstić information content (AvgIpc) is 2.74. The highest BCUT2D eigenvalue weighted by molar-refractivity contribution is 5.32. The van der Waals surface area contributed by atoms with Gasteiger partial charge in [0.25, 0.3) is 0 Å². The van der Waals surface area contributed by atoms with Crippen LogP contribution in [0.15, 0.2) is 24.3 Å². The zero-order chi connectivity index (χ0) is 14.5. The van der Waals surface area contributed by atoms with Crippen molar-refractivity contribution < 1.29 is 0 Å². The van der Waals surface area contributed by atoms with Crippen molar-refractivity contribution in [2.45, 2.75) is 51.5 Å². The van der Waals surface area contributed by atoms with E-state index in [0.717, 1.165) is 12.5 Å². The lowest BCUT2D eigenvalue weighted by molar-refractivity contribution is 0.243. The molecule has 2 heteroatoms. The maximum Gasteiger partial charge on any atom is 0.0452 e. The molecule has 0 bridgehead atoms. The molecule has 21 heavy (non-hydrogen) atoms. The average molecular weight is 286 g/mol. The third-order valence-corrected chi connectivity index (χ3v) is 5.29. The molecule has 2 aliphatic rings. The van der Waals surface area contributed by atoms with E-state index in [1.54, 1.807) is 5.56 Å². The van der Waals surface area contributed by atoms with Crippen LogP contribution in [0.5, 0.6) is 0 Å². The number of rotatable bonds is 4. The Kier molecular flexibility index (Phi) is 5.32. The summed E-state index contributed by atoms with van der Waals surface area (Å²) in [7, 11) is 0. The van der Waals surface area contributed by atoms with Gasteiger partial charge in [0.2, 0.25) is 0 Å². The lowest BCUT2D eigenvalue weighted by Crippen LogP contribution is -2.39. The monoisotopic (exact) mass is 286 g/mol. The summed E-state index contributed by atoms with van der Waals surface area (Å²) in [6.07, 6.45) is 8.20. The molecular formula is C19H30N2. The third kappa shape index (κ3) is 3.87. The van der Waals surface area contributed by atoms with Gasteiger partial charge in [0, 0.05) is 12.6 Å². The Hall–Kier alpha value is -0.860. The van der Waals surface area contributed by atoms with Gasteiger partial charge in [-0.1, -0.05) is 44.0 Å². The molecule has 1 N–H and O–H groups in total. The third-order valence-electron chi connectivity index (χ3n) is 5.29. The minimum atomic E-state index is 0.540. The van der Waals surface area contributed by atoms with Crippen molar-refractivity contribution in [2.75, 3.05) is 26.2 Å². The van der Waals surface area contributed by atoms with E-state index in [-0.39, 0.29) is 0 Å². The highest BCUT2D eigenvalue weighted by atomic mass is 15.1. The Labute approximate surface area is 129 Å². The summed E-state index contributed by atoms with van der Waals surface area (Å²) in [6.45, 7) is 7.24. The Morgan fingerprint density at radius 2 is 2.10 bits per heavy atom. The van der Waals surface area contributed by atoms with E-state index < -0.39 is 0 Å². The van der Waals surface area contributed by atoms with Crippen LogP contribution in [0.2, 0.25) is 0 Å². The molecule has 2 atom stereocenters. The van der Waals surface area contributed by atoms with Crippen molar-refractivity contribution in [3.63, 3.8) is 0 Å². The van der Waals surface area contributed by atoms with Gasteiger partial charge in [0.15, 0.2) is 0 Å². The van der Waals surface area contributed by atoms with Gasteiger partial charge in [0.1, 0.15) is 0 Å². The molecule has 1 saturated heterocycles. The van der Waals surface area contributed by atoms with Gasteiger partial charge in [-0.05, 0) is 62.4 Å². The SMILES string of the molecule is CCCC1CCCN(CC2NCCc3ccccc32)CC1. The topological polar surface area (TPSA) is 15.3 Å². The summed E-state index contributed by atoms with van der Waals surface area (Å²) in [6, 6.07) is 9.55. The molecule has 3 rings (SSSR count). The highest BCUT2D eigenvalue weighted by Crippen LogP contribution is 2.26. The molecule has 0 aromatic heterocycles. The molecule has 0 radical (unpaired) electrons. The number of likely N-dealkylation sites (tertiary alicyclic amines) is 1. The highest BCUT2D eigenvalue weighted by Gasteiger charge is 2.23. The first-order valence-electron chi connectivity index (χ1n) is 8.90. The first-order valence-corrected chi connectivity index (χ1v) is 8.90. The molecule has 0 aliphatic carbocycles. The van der Waals surface area contributed by atoms with E-state index >= 15 is 0 Å². The van der Waals surface area contributed by atoms with Gasteiger partial charge in [0.05, 0.1) is 0 Å². The number of fused-ring (bicyclic) bond motifs is 1. The largest absolute Gasteiger partial charge is 0.309 e. The second kappa shape index (κ2) is 7.42. The van der Waals surface area contributed by atoms with Crippen molar-refractivity contribution in [1.82, 2.24) is 10.2 Å². The standard InChI is InChI=1S/C19H30N2/c1-2-6-16-7-5-13-21(14-11-16)15-19-18-9-4-3-8-17(18)10-12-20-19/h3-4,8-9,16,19-20H,2,5-7,10-15H2,1H3. The number of nitrogens with zero attached hydrogens (tertiary/aromatic N) is 1. The predicted molar refractivity (Wildman–Crippen MR) is 89.6 cm³/mol. The summed E-state index contributed by atoms with van der Waals surface area (Å²) in [5, 5.41) is 3.74. The maximum absolute atomic E-state index is 3.74. The van der Waals surface area contributed by atoms with E-state index in [1.165, 1.54) is 63.7 Å². The zero-order valence-electron chi connectivity index (χ0n) is 13.5. The molecular weight excluding hydrogens is 256 g/mol. The van der Waals surface area contributed by atoms with Gasteiger partial charge in [-0.2, -0.15) is 0 Å². The summed E-state index contributed by atoms with van der Waals surface area (Å²) in [5.74, 6) is 0.978. The molecule has 2 heterocycles. The van der Waals surface area contributed by atoms with Gasteiger partial charge in [-0.3, -0.25) is 0 Å². The maximum atomic E-state index is 3.74. The van der Waals surface area contributed by atoms with E-state index in [2.05, 4.69) is 41.4 Å². The summed E-state index contributed by atoms with van der Waals surface area (Å²) in [5.41, 5.74) is 3.10. The van der Waals surface area contributed by atoms with Crippen LogP contribution >= 0.6 is 0 Å². The summed E-state index contributed by atoms with van der Waals surface area (Å²) < 4.78 is 0. The van der Waals surface area contributed by atoms with E-state index in [9.17, 15) is 0 Å². The zero-order valence-corrected chi connectivity index (χ0v) is 13.5. The van der Waals surface area contributed by atoms with Crippen molar-refractivity contribution in [3.8, 4) is 0 Å². The normalized spacial score (nSPS) is 27.1. The number of hydrogen-bond acceptors (Lipinski definition) is 2. The lowest BCUT2D eigenvalue weighted by Gasteiger charge is -2.31. The Morgan fingerprint density at radius 3 is 3.00 bits per heavy atom. The molecule has 1 fully saturated rings.